The summed E-state index contributed by atoms with van der Waals surface area (Å²) in [4.78, 5) is 8.43. The van der Waals surface area contributed by atoms with E-state index in [0.29, 0.717) is 0 Å². The van der Waals surface area contributed by atoms with E-state index in [-0.39, 0.29) is 0 Å². The number of isothiocyanates is 1. The Morgan fingerprint density at radius 2 is 1.47 bits per heavy atom. The van der Waals surface area contributed by atoms with E-state index in [4.69, 9.17) is 0 Å². The van der Waals surface area contributed by atoms with E-state index in [1.165, 1.54) is 15.5 Å². The molecule has 0 atom stereocenters. The fourth-order valence-electron chi connectivity index (χ4n) is 1.59. The summed E-state index contributed by atoms with van der Waals surface area (Å²) >= 11 is 6.31. The minimum absolute atomic E-state index is 0.835. The second-order valence-corrected chi connectivity index (χ2v) is 5.52. The summed E-state index contributed by atoms with van der Waals surface area (Å²) in [6, 6.07) is 16.4. The predicted molar refractivity (Wildman–Crippen MR) is 86.0 cm³/mol. The molecule has 0 radical (unpaired) electrons. The highest BCUT2D eigenvalue weighted by molar-refractivity contribution is 7.99. The fraction of sp³-hybridized carbons (Fsp3) is 0.133. The summed E-state index contributed by atoms with van der Waals surface area (Å²) in [7, 11) is 4.08. The molecule has 2 rings (SSSR count). The molecule has 0 fully saturated rings. The van der Waals surface area contributed by atoms with Crippen molar-refractivity contribution in [1.82, 2.24) is 0 Å². The molecule has 2 nitrogen and oxygen atoms in total. The van der Waals surface area contributed by atoms with Gasteiger partial charge >= 0.3 is 0 Å². The van der Waals surface area contributed by atoms with Gasteiger partial charge in [0.15, 0.2) is 0 Å². The minimum Gasteiger partial charge on any atom is -0.378 e. The normalized spacial score (nSPS) is 9.79. The maximum absolute atomic E-state index is 4.58. The molecule has 0 aliphatic carbocycles. The van der Waals surface area contributed by atoms with Crippen LogP contribution in [0.15, 0.2) is 63.3 Å². The third kappa shape index (κ3) is 3.93. The van der Waals surface area contributed by atoms with Gasteiger partial charge in [-0.1, -0.05) is 11.8 Å². The van der Waals surface area contributed by atoms with Crippen LogP contribution in [0.1, 0.15) is 0 Å². The van der Waals surface area contributed by atoms with Crippen LogP contribution in [0.3, 0.4) is 0 Å². The summed E-state index contributed by atoms with van der Waals surface area (Å²) in [5.41, 5.74) is 2.04. The van der Waals surface area contributed by atoms with Gasteiger partial charge in [-0.05, 0) is 60.7 Å². The average molecular weight is 286 g/mol. The second-order valence-electron chi connectivity index (χ2n) is 4.19. The quantitative estimate of drug-likeness (QED) is 0.601. The third-order valence-electron chi connectivity index (χ3n) is 2.60. The first-order valence-corrected chi connectivity index (χ1v) is 7.05. The lowest BCUT2D eigenvalue weighted by atomic mass is 10.3. The lowest BCUT2D eigenvalue weighted by Crippen LogP contribution is -2.07. The Hall–Kier alpha value is -1.61. The first kappa shape index (κ1) is 13.8. The van der Waals surface area contributed by atoms with Gasteiger partial charge in [-0.3, -0.25) is 0 Å². The highest BCUT2D eigenvalue weighted by Gasteiger charge is 1.99. The van der Waals surface area contributed by atoms with Gasteiger partial charge < -0.3 is 4.90 Å². The molecule has 0 saturated heterocycles. The standard InChI is InChI=1S/C15H14N2S2/c1-17(2)13-5-9-15(10-6-13)19-14-7-3-12(4-8-14)16-11-18/h3-10H,1-2H3. The number of thiocarbonyl (C=S) groups is 1. The topological polar surface area (TPSA) is 15.6 Å². The molecule has 19 heavy (non-hydrogen) atoms. The largest absolute Gasteiger partial charge is 0.378 e. The number of rotatable bonds is 4. The van der Waals surface area contributed by atoms with Crippen LogP contribution in [0.4, 0.5) is 11.4 Å². The van der Waals surface area contributed by atoms with Gasteiger partial charge in [0.2, 0.25) is 0 Å². The monoisotopic (exact) mass is 286 g/mol. The number of aliphatic imine (C=N–C) groups is 1. The summed E-state index contributed by atoms with van der Waals surface area (Å²) in [5, 5.41) is 2.37. The molecular formula is C15H14N2S2. The van der Waals surface area contributed by atoms with E-state index in [0.717, 1.165) is 5.69 Å². The molecule has 0 unspecified atom stereocenters. The molecule has 0 saturated carbocycles. The number of hydrogen-bond donors (Lipinski definition) is 0. The summed E-state index contributed by atoms with van der Waals surface area (Å²) in [6.45, 7) is 0. The van der Waals surface area contributed by atoms with Gasteiger partial charge in [0.25, 0.3) is 0 Å². The van der Waals surface area contributed by atoms with Gasteiger partial charge in [-0.15, -0.1) is 0 Å². The molecule has 0 aromatic heterocycles. The Morgan fingerprint density at radius 1 is 0.947 bits per heavy atom. The molecule has 96 valence electrons. The first-order chi connectivity index (χ1) is 9.19. The van der Waals surface area contributed by atoms with Crippen LogP contribution in [-0.4, -0.2) is 19.3 Å². The van der Waals surface area contributed by atoms with E-state index in [1.54, 1.807) is 11.8 Å². The fourth-order valence-corrected chi connectivity index (χ4v) is 2.51. The van der Waals surface area contributed by atoms with Gasteiger partial charge in [0.1, 0.15) is 0 Å². The van der Waals surface area contributed by atoms with Gasteiger partial charge in [-0.25, -0.2) is 0 Å². The third-order valence-corrected chi connectivity index (χ3v) is 3.71. The van der Waals surface area contributed by atoms with Crippen molar-refractivity contribution in [1.29, 1.82) is 0 Å². The molecule has 2 aromatic rings. The molecule has 0 bridgehead atoms. The number of nitrogens with zero attached hydrogens (tertiary/aromatic N) is 2. The number of hydrogen-bond acceptors (Lipinski definition) is 4. The maximum Gasteiger partial charge on any atom is 0.0740 e. The highest BCUT2D eigenvalue weighted by Crippen LogP contribution is 2.30. The van der Waals surface area contributed by atoms with Crippen LogP contribution < -0.4 is 4.90 Å². The van der Waals surface area contributed by atoms with E-state index in [1.807, 2.05) is 38.4 Å². The number of benzene rings is 2. The van der Waals surface area contributed by atoms with Crippen LogP contribution in [0.25, 0.3) is 0 Å². The van der Waals surface area contributed by atoms with Crippen molar-refractivity contribution >= 4 is 40.5 Å². The molecule has 0 amide bonds. The smallest absolute Gasteiger partial charge is 0.0740 e. The van der Waals surface area contributed by atoms with Crippen molar-refractivity contribution in [3.63, 3.8) is 0 Å². The van der Waals surface area contributed by atoms with Crippen LogP contribution in [-0.2, 0) is 0 Å². The zero-order chi connectivity index (χ0) is 13.7. The number of anilines is 1. The van der Waals surface area contributed by atoms with E-state index < -0.39 is 0 Å². The Labute approximate surface area is 123 Å². The van der Waals surface area contributed by atoms with Crippen molar-refractivity contribution in [3.05, 3.63) is 48.5 Å². The van der Waals surface area contributed by atoms with E-state index >= 15 is 0 Å². The Bertz CT molecular complexity index is 583. The molecular weight excluding hydrogens is 272 g/mol. The molecule has 0 aliphatic heterocycles. The van der Waals surface area contributed by atoms with Gasteiger partial charge in [-0.2, -0.15) is 4.99 Å². The maximum atomic E-state index is 4.58. The van der Waals surface area contributed by atoms with Crippen molar-refractivity contribution in [3.8, 4) is 0 Å². The molecule has 4 heteroatoms. The van der Waals surface area contributed by atoms with Crippen molar-refractivity contribution in [2.75, 3.05) is 19.0 Å². The Balaban J connectivity index is 2.10. The van der Waals surface area contributed by atoms with Crippen molar-refractivity contribution < 1.29 is 0 Å². The van der Waals surface area contributed by atoms with Crippen LogP contribution in [0.2, 0.25) is 0 Å². The zero-order valence-electron chi connectivity index (χ0n) is 10.8. The molecule has 2 aromatic carbocycles. The summed E-state index contributed by atoms with van der Waals surface area (Å²) in [6.07, 6.45) is 0. The summed E-state index contributed by atoms with van der Waals surface area (Å²) in [5.74, 6) is 0. The SMILES string of the molecule is CN(C)c1ccc(Sc2ccc(N=C=S)cc2)cc1. The zero-order valence-corrected chi connectivity index (χ0v) is 12.5. The van der Waals surface area contributed by atoms with Crippen molar-refractivity contribution in [2.24, 2.45) is 4.99 Å². The van der Waals surface area contributed by atoms with E-state index in [9.17, 15) is 0 Å². The van der Waals surface area contributed by atoms with E-state index in [2.05, 4.69) is 51.5 Å². The molecule has 0 aliphatic rings. The van der Waals surface area contributed by atoms with Crippen LogP contribution in [0, 0.1) is 0 Å². The van der Waals surface area contributed by atoms with Crippen molar-refractivity contribution in [2.45, 2.75) is 9.79 Å². The predicted octanol–water partition coefficient (Wildman–Crippen LogP) is 4.64. The lowest BCUT2D eigenvalue weighted by molar-refractivity contribution is 1.13. The Kier molecular flexibility index (Phi) is 4.74. The van der Waals surface area contributed by atoms with Gasteiger partial charge in [0.05, 0.1) is 10.8 Å². The van der Waals surface area contributed by atoms with Crippen LogP contribution >= 0.6 is 24.0 Å². The highest BCUT2D eigenvalue weighted by atomic mass is 32.2. The first-order valence-electron chi connectivity index (χ1n) is 5.82. The molecule has 0 spiro atoms. The minimum atomic E-state index is 0.835. The Morgan fingerprint density at radius 3 is 1.95 bits per heavy atom. The molecule has 0 heterocycles. The average Bonchev–Trinajstić information content (AvgIpc) is 2.42. The second kappa shape index (κ2) is 6.53. The lowest BCUT2D eigenvalue weighted by Gasteiger charge is -2.12. The van der Waals surface area contributed by atoms with Crippen LogP contribution in [0.5, 0.6) is 0 Å². The summed E-state index contributed by atoms with van der Waals surface area (Å²) < 4.78 is 0. The molecule has 0 N–H and O–H groups in total. The van der Waals surface area contributed by atoms with Gasteiger partial charge in [0, 0.05) is 29.6 Å².